The van der Waals surface area contributed by atoms with Gasteiger partial charge in [-0.15, -0.1) is 5.10 Å². The van der Waals surface area contributed by atoms with E-state index in [0.29, 0.717) is 6.42 Å². The third-order valence-electron chi connectivity index (χ3n) is 4.39. The molecule has 1 N–H and O–H groups in total. The van der Waals surface area contributed by atoms with E-state index in [9.17, 15) is 4.79 Å². The van der Waals surface area contributed by atoms with E-state index < -0.39 is 0 Å². The first-order valence-electron chi connectivity index (χ1n) is 7.77. The smallest absolute Gasteiger partial charge is 0.227 e. The highest BCUT2D eigenvalue weighted by Gasteiger charge is 2.36. The van der Waals surface area contributed by atoms with Gasteiger partial charge in [0.2, 0.25) is 11.1 Å². The Morgan fingerprint density at radius 1 is 1.35 bits per heavy atom. The third kappa shape index (κ3) is 2.37. The van der Waals surface area contributed by atoms with Crippen LogP contribution in [0.5, 0.6) is 0 Å². The van der Waals surface area contributed by atoms with Crippen molar-refractivity contribution in [3.63, 3.8) is 0 Å². The zero-order valence-electron chi connectivity index (χ0n) is 13.2. The number of thioether (sulfide) groups is 1. The van der Waals surface area contributed by atoms with Crippen molar-refractivity contribution >= 4 is 23.5 Å². The second-order valence-electron chi connectivity index (χ2n) is 5.98. The van der Waals surface area contributed by atoms with Crippen LogP contribution >= 0.6 is 11.8 Å². The Hall–Kier alpha value is -2.08. The fourth-order valence-corrected chi connectivity index (χ4v) is 3.72. The molecule has 2 aromatic rings. The summed E-state index contributed by atoms with van der Waals surface area (Å²) in [5.74, 6) is 0.950. The highest BCUT2D eigenvalue weighted by Crippen LogP contribution is 2.40. The molecule has 118 valence electrons. The van der Waals surface area contributed by atoms with Crippen LogP contribution in [0.4, 0.5) is 5.95 Å². The second-order valence-corrected chi connectivity index (χ2v) is 6.75. The van der Waals surface area contributed by atoms with Gasteiger partial charge < -0.3 is 5.32 Å². The van der Waals surface area contributed by atoms with Gasteiger partial charge in [-0.05, 0) is 31.6 Å². The molecule has 2 heterocycles. The molecule has 2 aliphatic rings. The summed E-state index contributed by atoms with van der Waals surface area (Å²) in [7, 11) is 0. The van der Waals surface area contributed by atoms with E-state index in [1.807, 2.05) is 17.0 Å². The summed E-state index contributed by atoms with van der Waals surface area (Å²) in [6, 6.07) is 8.12. The van der Waals surface area contributed by atoms with Gasteiger partial charge in [0.25, 0.3) is 0 Å². The van der Waals surface area contributed by atoms with Gasteiger partial charge in [0, 0.05) is 17.7 Å². The standard InChI is InChI=1S/C17H18N4OS/c1-10-5-3-6-11(9-10)15-14-12(7-4-8-13(14)22)18-16-19-17(23-2)20-21(15)16/h3,5-6,9,15H,4,7-8H2,1-2H3,(H,18,19,20). The minimum atomic E-state index is -0.178. The molecular formula is C17H18N4OS. The Labute approximate surface area is 139 Å². The Morgan fingerprint density at radius 3 is 3.00 bits per heavy atom. The summed E-state index contributed by atoms with van der Waals surface area (Å²) in [6.07, 6.45) is 4.36. The molecule has 0 bridgehead atoms. The molecule has 0 saturated heterocycles. The molecule has 1 atom stereocenters. The minimum Gasteiger partial charge on any atom is -0.328 e. The number of carbonyl (C=O) groups excluding carboxylic acids is 1. The van der Waals surface area contributed by atoms with Gasteiger partial charge in [-0.1, -0.05) is 41.6 Å². The molecule has 0 saturated carbocycles. The van der Waals surface area contributed by atoms with E-state index >= 15 is 0 Å². The molecule has 0 radical (unpaired) electrons. The molecule has 0 amide bonds. The van der Waals surface area contributed by atoms with Crippen molar-refractivity contribution in [2.75, 3.05) is 11.6 Å². The van der Waals surface area contributed by atoms with Crippen molar-refractivity contribution in [1.82, 2.24) is 14.8 Å². The van der Waals surface area contributed by atoms with E-state index in [4.69, 9.17) is 0 Å². The van der Waals surface area contributed by atoms with E-state index in [2.05, 4.69) is 40.5 Å². The quantitative estimate of drug-likeness (QED) is 0.858. The maximum Gasteiger partial charge on any atom is 0.227 e. The molecule has 4 rings (SSSR count). The lowest BCUT2D eigenvalue weighted by molar-refractivity contribution is -0.116. The Balaban J connectivity index is 1.92. The average Bonchev–Trinajstić information content (AvgIpc) is 2.96. The zero-order valence-corrected chi connectivity index (χ0v) is 14.0. The Morgan fingerprint density at radius 2 is 2.22 bits per heavy atom. The number of ketones is 1. The van der Waals surface area contributed by atoms with Crippen LogP contribution in [-0.4, -0.2) is 26.8 Å². The molecular weight excluding hydrogens is 308 g/mol. The molecule has 1 aliphatic heterocycles. The molecule has 1 aromatic heterocycles. The maximum atomic E-state index is 12.6. The SMILES string of the molecule is CSc1nc2n(n1)C(c1cccc(C)c1)C1=C(CCCC1=O)N2. The summed E-state index contributed by atoms with van der Waals surface area (Å²) < 4.78 is 1.86. The summed E-state index contributed by atoms with van der Waals surface area (Å²) in [4.78, 5) is 17.2. The molecule has 1 aromatic carbocycles. The van der Waals surface area contributed by atoms with Crippen LogP contribution in [-0.2, 0) is 4.79 Å². The predicted molar refractivity (Wildman–Crippen MR) is 90.6 cm³/mol. The van der Waals surface area contributed by atoms with Gasteiger partial charge in [-0.2, -0.15) is 4.98 Å². The first-order valence-corrected chi connectivity index (χ1v) is 9.00. The van der Waals surface area contributed by atoms with Gasteiger partial charge in [0.15, 0.2) is 5.78 Å². The normalized spacial score (nSPS) is 20.1. The lowest BCUT2D eigenvalue weighted by Gasteiger charge is -2.32. The highest BCUT2D eigenvalue weighted by atomic mass is 32.2. The summed E-state index contributed by atoms with van der Waals surface area (Å²) in [6.45, 7) is 2.07. The van der Waals surface area contributed by atoms with Crippen molar-refractivity contribution in [3.8, 4) is 0 Å². The monoisotopic (exact) mass is 326 g/mol. The molecule has 23 heavy (non-hydrogen) atoms. The number of hydrogen-bond acceptors (Lipinski definition) is 5. The van der Waals surface area contributed by atoms with Crippen LogP contribution in [0.2, 0.25) is 0 Å². The summed E-state index contributed by atoms with van der Waals surface area (Å²) in [5, 5.41) is 8.65. The number of allylic oxidation sites excluding steroid dienone is 2. The fraction of sp³-hybridized carbons (Fsp3) is 0.353. The van der Waals surface area contributed by atoms with Gasteiger partial charge in [-0.25, -0.2) is 4.68 Å². The molecule has 0 spiro atoms. The number of benzene rings is 1. The first-order chi connectivity index (χ1) is 11.2. The number of hydrogen-bond donors (Lipinski definition) is 1. The number of rotatable bonds is 2. The predicted octanol–water partition coefficient (Wildman–Crippen LogP) is 3.33. The number of aromatic nitrogens is 3. The third-order valence-corrected chi connectivity index (χ3v) is 4.93. The molecule has 5 nitrogen and oxygen atoms in total. The summed E-state index contributed by atoms with van der Waals surface area (Å²) >= 11 is 1.51. The van der Waals surface area contributed by atoms with Crippen LogP contribution in [0.15, 0.2) is 40.7 Å². The largest absolute Gasteiger partial charge is 0.328 e. The number of nitrogens with zero attached hydrogens (tertiary/aromatic N) is 3. The number of fused-ring (bicyclic) bond motifs is 1. The van der Waals surface area contributed by atoms with Crippen LogP contribution in [0, 0.1) is 6.92 Å². The lowest BCUT2D eigenvalue weighted by Crippen LogP contribution is -2.31. The number of anilines is 1. The Bertz CT molecular complexity index is 824. The van der Waals surface area contributed by atoms with Crippen LogP contribution < -0.4 is 5.32 Å². The highest BCUT2D eigenvalue weighted by molar-refractivity contribution is 7.98. The van der Waals surface area contributed by atoms with Crippen LogP contribution in [0.1, 0.15) is 36.4 Å². The van der Waals surface area contributed by atoms with Crippen molar-refractivity contribution in [2.24, 2.45) is 0 Å². The van der Waals surface area contributed by atoms with Gasteiger partial charge in [0.05, 0.1) is 0 Å². The minimum absolute atomic E-state index is 0.178. The fourth-order valence-electron chi connectivity index (χ4n) is 3.37. The van der Waals surface area contributed by atoms with Crippen molar-refractivity contribution in [2.45, 2.75) is 37.4 Å². The van der Waals surface area contributed by atoms with E-state index in [-0.39, 0.29) is 11.8 Å². The number of aryl methyl sites for hydroxylation is 1. The first kappa shape index (κ1) is 14.5. The number of nitrogens with one attached hydrogen (secondary N) is 1. The zero-order chi connectivity index (χ0) is 16.0. The van der Waals surface area contributed by atoms with Crippen molar-refractivity contribution < 1.29 is 4.79 Å². The lowest BCUT2D eigenvalue weighted by atomic mass is 9.85. The Kier molecular flexibility index (Phi) is 3.49. The summed E-state index contributed by atoms with van der Waals surface area (Å²) in [5.41, 5.74) is 4.14. The van der Waals surface area contributed by atoms with Crippen LogP contribution in [0.3, 0.4) is 0 Å². The second kappa shape index (κ2) is 5.53. The van der Waals surface area contributed by atoms with E-state index in [1.54, 1.807) is 0 Å². The molecule has 1 unspecified atom stereocenters. The number of Topliss-reactive ketones (excluding diaryl/α,β-unsaturated/α-hetero) is 1. The van der Waals surface area contributed by atoms with Gasteiger partial charge in [0.1, 0.15) is 6.04 Å². The van der Waals surface area contributed by atoms with Crippen molar-refractivity contribution in [1.29, 1.82) is 0 Å². The van der Waals surface area contributed by atoms with Crippen LogP contribution in [0.25, 0.3) is 0 Å². The molecule has 1 aliphatic carbocycles. The maximum absolute atomic E-state index is 12.6. The average molecular weight is 326 g/mol. The number of carbonyl (C=O) groups is 1. The topological polar surface area (TPSA) is 59.8 Å². The van der Waals surface area contributed by atoms with Crippen molar-refractivity contribution in [3.05, 3.63) is 46.7 Å². The molecule has 6 heteroatoms. The van der Waals surface area contributed by atoms with Gasteiger partial charge >= 0.3 is 0 Å². The molecule has 0 fully saturated rings. The van der Waals surface area contributed by atoms with Gasteiger partial charge in [-0.3, -0.25) is 4.79 Å². The van der Waals surface area contributed by atoms with E-state index in [0.717, 1.165) is 40.8 Å². The van der Waals surface area contributed by atoms with E-state index in [1.165, 1.54) is 17.3 Å².